The predicted molar refractivity (Wildman–Crippen MR) is 112 cm³/mol. The van der Waals surface area contributed by atoms with E-state index >= 15 is 0 Å². The molecule has 0 heterocycles. The summed E-state index contributed by atoms with van der Waals surface area (Å²) in [5, 5.41) is 9.41. The van der Waals surface area contributed by atoms with Gasteiger partial charge in [0.1, 0.15) is 0 Å². The summed E-state index contributed by atoms with van der Waals surface area (Å²) in [7, 11) is 0. The van der Waals surface area contributed by atoms with Gasteiger partial charge in [-0.05, 0) is 22.8 Å². The third-order valence-electron chi connectivity index (χ3n) is 5.29. The molecule has 1 aliphatic rings. The molecule has 0 atom stereocenters. The van der Waals surface area contributed by atoms with Gasteiger partial charge in [-0.15, -0.1) is 0 Å². The van der Waals surface area contributed by atoms with E-state index in [1.165, 1.54) is 12.1 Å². The molecule has 0 saturated heterocycles. The molecule has 0 spiro atoms. The van der Waals surface area contributed by atoms with Crippen molar-refractivity contribution in [1.82, 2.24) is 0 Å². The molecular formula is C25H18O6. The summed E-state index contributed by atoms with van der Waals surface area (Å²) in [4.78, 5) is 50.6. The third kappa shape index (κ3) is 3.32. The van der Waals surface area contributed by atoms with Crippen LogP contribution in [0.25, 0.3) is 11.1 Å². The molecule has 1 aliphatic carbocycles. The number of carboxylic acid groups (broad SMARTS) is 1. The molecule has 3 aromatic carbocycles. The number of aliphatic carboxylic acids is 1. The SMILES string of the molecule is CC(=O)OC1(c2cc(-c3ccccc3)ccc2CC(=O)O)C(=O)c2ccccc2C1=O. The second-order valence-electron chi connectivity index (χ2n) is 7.29. The minimum absolute atomic E-state index is 0.0673. The minimum Gasteiger partial charge on any atom is -0.481 e. The molecule has 0 bridgehead atoms. The lowest BCUT2D eigenvalue weighted by atomic mass is 9.82. The topological polar surface area (TPSA) is 97.7 Å². The second kappa shape index (κ2) is 7.65. The van der Waals surface area contributed by atoms with Crippen LogP contribution in [-0.4, -0.2) is 28.6 Å². The lowest BCUT2D eigenvalue weighted by molar-refractivity contribution is -0.149. The molecule has 0 saturated carbocycles. The Balaban J connectivity index is 2.01. The van der Waals surface area contributed by atoms with Crippen LogP contribution >= 0.6 is 0 Å². The molecule has 0 amide bonds. The molecule has 4 rings (SSSR count). The number of ketones is 2. The van der Waals surface area contributed by atoms with Gasteiger partial charge >= 0.3 is 11.9 Å². The summed E-state index contributed by atoms with van der Waals surface area (Å²) in [6.45, 7) is 1.11. The van der Waals surface area contributed by atoms with Crippen molar-refractivity contribution in [3.05, 3.63) is 95.1 Å². The smallest absolute Gasteiger partial charge is 0.307 e. The van der Waals surface area contributed by atoms with Gasteiger partial charge in [-0.2, -0.15) is 0 Å². The molecule has 6 heteroatoms. The number of carboxylic acids is 1. The highest BCUT2D eigenvalue weighted by molar-refractivity contribution is 6.32. The Hall–Kier alpha value is -4.06. The van der Waals surface area contributed by atoms with Gasteiger partial charge in [-0.25, -0.2) is 0 Å². The van der Waals surface area contributed by atoms with Crippen molar-refractivity contribution in [3.8, 4) is 11.1 Å². The Kier molecular flexibility index (Phi) is 4.99. The van der Waals surface area contributed by atoms with Crippen molar-refractivity contribution in [2.75, 3.05) is 0 Å². The molecular weight excluding hydrogens is 396 g/mol. The Labute approximate surface area is 178 Å². The van der Waals surface area contributed by atoms with Crippen LogP contribution in [0.2, 0.25) is 0 Å². The number of fused-ring (bicyclic) bond motifs is 1. The van der Waals surface area contributed by atoms with E-state index in [0.717, 1.165) is 12.5 Å². The van der Waals surface area contributed by atoms with E-state index in [-0.39, 0.29) is 22.3 Å². The van der Waals surface area contributed by atoms with Crippen molar-refractivity contribution < 1.29 is 29.0 Å². The van der Waals surface area contributed by atoms with Crippen LogP contribution in [0.15, 0.2) is 72.8 Å². The molecule has 6 nitrogen and oxygen atoms in total. The number of Topliss-reactive ketones (excluding diaryl/α,β-unsaturated/α-hetero) is 2. The Morgan fingerprint density at radius 3 is 1.97 bits per heavy atom. The molecule has 0 radical (unpaired) electrons. The van der Waals surface area contributed by atoms with E-state index in [9.17, 15) is 24.3 Å². The normalized spacial score (nSPS) is 14.2. The molecule has 3 aromatic rings. The van der Waals surface area contributed by atoms with Crippen molar-refractivity contribution in [3.63, 3.8) is 0 Å². The molecule has 0 aliphatic heterocycles. The largest absolute Gasteiger partial charge is 0.481 e. The van der Waals surface area contributed by atoms with Crippen molar-refractivity contribution in [2.45, 2.75) is 18.9 Å². The van der Waals surface area contributed by atoms with Gasteiger partial charge < -0.3 is 9.84 Å². The van der Waals surface area contributed by atoms with Gasteiger partial charge in [0.05, 0.1) is 6.42 Å². The molecule has 1 N–H and O–H groups in total. The van der Waals surface area contributed by atoms with Gasteiger partial charge in [-0.1, -0.05) is 66.7 Å². The standard InChI is InChI=1S/C25H18O6/c1-15(26)31-25(23(29)19-9-5-6-10-20(19)24(25)30)21-13-17(16-7-3-2-4-8-16)11-12-18(21)14-22(27)28/h2-13H,14H2,1H3,(H,27,28). The van der Waals surface area contributed by atoms with E-state index in [0.29, 0.717) is 5.56 Å². The monoisotopic (exact) mass is 414 g/mol. The zero-order valence-electron chi connectivity index (χ0n) is 16.6. The zero-order chi connectivity index (χ0) is 22.2. The average molecular weight is 414 g/mol. The van der Waals surface area contributed by atoms with Crippen LogP contribution < -0.4 is 0 Å². The molecule has 0 aromatic heterocycles. The van der Waals surface area contributed by atoms with Crippen LogP contribution in [0.4, 0.5) is 0 Å². The van der Waals surface area contributed by atoms with Crippen molar-refractivity contribution in [1.29, 1.82) is 0 Å². The van der Waals surface area contributed by atoms with Crippen LogP contribution in [-0.2, 0) is 26.3 Å². The number of esters is 1. The molecule has 0 fully saturated rings. The Morgan fingerprint density at radius 1 is 0.839 bits per heavy atom. The van der Waals surface area contributed by atoms with E-state index in [2.05, 4.69) is 0 Å². The number of rotatable bonds is 5. The Bertz CT molecular complexity index is 1190. The van der Waals surface area contributed by atoms with Gasteiger partial charge in [0.2, 0.25) is 11.6 Å². The quantitative estimate of drug-likeness (QED) is 0.504. The number of carbonyl (C=O) groups excluding carboxylic acids is 3. The van der Waals surface area contributed by atoms with Gasteiger partial charge in [-0.3, -0.25) is 19.2 Å². The number of ether oxygens (including phenoxy) is 1. The van der Waals surface area contributed by atoms with Crippen molar-refractivity contribution >= 4 is 23.5 Å². The molecule has 154 valence electrons. The number of hydrogen-bond donors (Lipinski definition) is 1. The number of carbonyl (C=O) groups is 4. The van der Waals surface area contributed by atoms with E-state index in [4.69, 9.17) is 4.74 Å². The first-order valence-corrected chi connectivity index (χ1v) is 9.63. The first-order valence-electron chi connectivity index (χ1n) is 9.63. The van der Waals surface area contributed by atoms with Crippen LogP contribution in [0.1, 0.15) is 38.8 Å². The lowest BCUT2D eigenvalue weighted by Gasteiger charge is -2.28. The van der Waals surface area contributed by atoms with Gasteiger partial charge in [0, 0.05) is 23.6 Å². The summed E-state index contributed by atoms with van der Waals surface area (Å²) in [6, 6.07) is 20.3. The van der Waals surface area contributed by atoms with Crippen LogP contribution in [0.5, 0.6) is 0 Å². The van der Waals surface area contributed by atoms with Gasteiger partial charge in [0.25, 0.3) is 5.60 Å². The van der Waals surface area contributed by atoms with Crippen LogP contribution in [0.3, 0.4) is 0 Å². The van der Waals surface area contributed by atoms with E-state index in [1.54, 1.807) is 30.3 Å². The summed E-state index contributed by atoms with van der Waals surface area (Å²) >= 11 is 0. The fourth-order valence-electron chi connectivity index (χ4n) is 4.00. The zero-order valence-corrected chi connectivity index (χ0v) is 16.6. The minimum atomic E-state index is -2.26. The summed E-state index contributed by atoms with van der Waals surface area (Å²) in [5.41, 5.74) is -0.224. The third-order valence-corrected chi connectivity index (χ3v) is 5.29. The highest BCUT2D eigenvalue weighted by atomic mass is 16.6. The van der Waals surface area contributed by atoms with Crippen LogP contribution in [0, 0.1) is 0 Å². The summed E-state index contributed by atoms with van der Waals surface area (Å²) < 4.78 is 5.47. The summed E-state index contributed by atoms with van der Waals surface area (Å²) in [6.07, 6.45) is -0.440. The first kappa shape index (κ1) is 20.2. The van der Waals surface area contributed by atoms with E-state index in [1.807, 2.05) is 30.3 Å². The molecule has 0 unspecified atom stereocenters. The average Bonchev–Trinajstić information content (AvgIpc) is 2.96. The highest BCUT2D eigenvalue weighted by Crippen LogP contribution is 2.43. The fourth-order valence-corrected chi connectivity index (χ4v) is 4.00. The maximum atomic E-state index is 13.5. The highest BCUT2D eigenvalue weighted by Gasteiger charge is 2.58. The first-order chi connectivity index (χ1) is 14.8. The molecule has 31 heavy (non-hydrogen) atoms. The van der Waals surface area contributed by atoms with Crippen molar-refractivity contribution in [2.24, 2.45) is 0 Å². The maximum absolute atomic E-state index is 13.5. The second-order valence-corrected chi connectivity index (χ2v) is 7.29. The summed E-state index contributed by atoms with van der Waals surface area (Å²) in [5.74, 6) is -3.32. The fraction of sp³-hybridized carbons (Fsp3) is 0.120. The number of hydrogen-bond acceptors (Lipinski definition) is 5. The maximum Gasteiger partial charge on any atom is 0.307 e. The van der Waals surface area contributed by atoms with Gasteiger partial charge in [0.15, 0.2) is 0 Å². The predicted octanol–water partition coefficient (Wildman–Crippen LogP) is 3.82. The lowest BCUT2D eigenvalue weighted by Crippen LogP contribution is -2.43. The number of benzene rings is 3. The Morgan fingerprint density at radius 2 is 1.42 bits per heavy atom. The van der Waals surface area contributed by atoms with E-state index < -0.39 is 35.5 Å².